The van der Waals surface area contributed by atoms with Crippen molar-refractivity contribution in [2.45, 2.75) is 40.4 Å². The predicted octanol–water partition coefficient (Wildman–Crippen LogP) is 4.13. The van der Waals surface area contributed by atoms with Crippen LogP contribution in [0.2, 0.25) is 0 Å². The van der Waals surface area contributed by atoms with Gasteiger partial charge in [-0.15, -0.1) is 0 Å². The number of carbonyl (C=O) groups is 3. The Labute approximate surface area is 179 Å². The highest BCUT2D eigenvalue weighted by molar-refractivity contribution is 6.05. The zero-order chi connectivity index (χ0) is 22.7. The maximum absolute atomic E-state index is 12.9. The molecule has 0 saturated carbocycles. The van der Waals surface area contributed by atoms with Crippen LogP contribution in [0.5, 0.6) is 0 Å². The van der Waals surface area contributed by atoms with E-state index in [1.807, 2.05) is 12.1 Å². The van der Waals surface area contributed by atoms with E-state index < -0.39 is 23.8 Å². The molecule has 1 aromatic carbocycles. The number of ether oxygens (including phenoxy) is 3. The van der Waals surface area contributed by atoms with Crippen molar-refractivity contribution in [3.8, 4) is 0 Å². The Kier molecular flexibility index (Phi) is 6.60. The molecule has 3 rings (SSSR count). The smallest absolute Gasteiger partial charge is 0.375 e. The topological polar surface area (TPSA) is 108 Å². The van der Waals surface area contributed by atoms with Crippen LogP contribution >= 0.6 is 0 Å². The van der Waals surface area contributed by atoms with Crippen molar-refractivity contribution in [1.82, 2.24) is 4.98 Å². The van der Waals surface area contributed by atoms with E-state index in [-0.39, 0.29) is 24.7 Å². The third-order valence-electron chi connectivity index (χ3n) is 4.99. The van der Waals surface area contributed by atoms with Gasteiger partial charge < -0.3 is 23.6 Å². The minimum atomic E-state index is -1.11. The highest BCUT2D eigenvalue weighted by Gasteiger charge is 2.30. The van der Waals surface area contributed by atoms with Crippen LogP contribution in [0.1, 0.15) is 62.1 Å². The van der Waals surface area contributed by atoms with E-state index >= 15 is 0 Å². The van der Waals surface area contributed by atoms with Crippen molar-refractivity contribution >= 4 is 28.7 Å². The number of furan rings is 1. The number of rotatable bonds is 8. The molecule has 1 N–H and O–H groups in total. The fourth-order valence-electron chi connectivity index (χ4n) is 3.53. The van der Waals surface area contributed by atoms with Gasteiger partial charge in [0.2, 0.25) is 11.5 Å². The van der Waals surface area contributed by atoms with Crippen molar-refractivity contribution in [2.75, 3.05) is 13.7 Å². The largest absolute Gasteiger partial charge is 0.462 e. The van der Waals surface area contributed by atoms with Crippen LogP contribution in [-0.4, -0.2) is 42.5 Å². The van der Waals surface area contributed by atoms with Crippen molar-refractivity contribution in [3.05, 3.63) is 58.1 Å². The molecule has 0 radical (unpaired) electrons. The van der Waals surface area contributed by atoms with Gasteiger partial charge in [0.15, 0.2) is 6.10 Å². The summed E-state index contributed by atoms with van der Waals surface area (Å²) in [6.45, 7) is 6.88. The van der Waals surface area contributed by atoms with E-state index in [9.17, 15) is 14.4 Å². The second-order valence-corrected chi connectivity index (χ2v) is 7.10. The molecule has 0 saturated heterocycles. The average Bonchev–Trinajstić information content (AvgIpc) is 3.25. The number of para-hydroxylation sites is 1. The standard InChI is InChI=1S/C23H25NO7/c1-6-29-22(26)18-12(2)19(24-13(18)3)20(25)14(4)30-23(27)21-16(11-28-5)15-9-7-8-10-17(15)31-21/h7-10,14,24H,6,11H2,1-5H3/t14-/m1/s1. The van der Waals surface area contributed by atoms with Gasteiger partial charge in [-0.2, -0.15) is 0 Å². The normalized spacial score (nSPS) is 12.0. The molecule has 164 valence electrons. The first-order valence-electron chi connectivity index (χ1n) is 9.90. The summed E-state index contributed by atoms with van der Waals surface area (Å²) in [5.74, 6) is -1.75. The summed E-state index contributed by atoms with van der Waals surface area (Å²) in [6.07, 6.45) is -1.11. The quantitative estimate of drug-likeness (QED) is 0.425. The van der Waals surface area contributed by atoms with Gasteiger partial charge >= 0.3 is 11.9 Å². The first-order chi connectivity index (χ1) is 14.8. The number of nitrogens with one attached hydrogen (secondary N) is 1. The third-order valence-corrected chi connectivity index (χ3v) is 4.99. The summed E-state index contributed by atoms with van der Waals surface area (Å²) < 4.78 is 21.3. The number of hydrogen-bond acceptors (Lipinski definition) is 7. The van der Waals surface area contributed by atoms with Gasteiger partial charge in [0.25, 0.3) is 0 Å². The van der Waals surface area contributed by atoms with Gasteiger partial charge in [0.05, 0.1) is 24.5 Å². The van der Waals surface area contributed by atoms with Crippen molar-refractivity contribution < 1.29 is 33.0 Å². The van der Waals surface area contributed by atoms with Crippen LogP contribution in [0, 0.1) is 13.8 Å². The fraction of sp³-hybridized carbons (Fsp3) is 0.348. The molecule has 8 heteroatoms. The number of esters is 2. The molecule has 0 aliphatic carbocycles. The molecular formula is C23H25NO7. The molecule has 8 nitrogen and oxygen atoms in total. The first-order valence-corrected chi connectivity index (χ1v) is 9.90. The Balaban J connectivity index is 1.85. The molecule has 0 unspecified atom stereocenters. The molecule has 2 aromatic heterocycles. The van der Waals surface area contributed by atoms with Crippen LogP contribution < -0.4 is 0 Å². The molecule has 1 atom stereocenters. The van der Waals surface area contributed by atoms with Crippen LogP contribution in [0.15, 0.2) is 28.7 Å². The van der Waals surface area contributed by atoms with Gasteiger partial charge in [-0.3, -0.25) is 4.79 Å². The highest BCUT2D eigenvalue weighted by atomic mass is 16.6. The first kappa shape index (κ1) is 22.3. The second-order valence-electron chi connectivity index (χ2n) is 7.10. The lowest BCUT2D eigenvalue weighted by Gasteiger charge is -2.12. The number of hydrogen-bond donors (Lipinski definition) is 1. The number of ketones is 1. The van der Waals surface area contributed by atoms with E-state index in [1.165, 1.54) is 14.0 Å². The number of aromatic nitrogens is 1. The van der Waals surface area contributed by atoms with Crippen LogP contribution in [-0.2, 0) is 20.8 Å². The summed E-state index contributed by atoms with van der Waals surface area (Å²) in [7, 11) is 1.51. The second kappa shape index (κ2) is 9.18. The molecule has 0 amide bonds. The number of Topliss-reactive ketones (excluding diaryl/α,β-unsaturated/α-hetero) is 1. The van der Waals surface area contributed by atoms with Gasteiger partial charge in [0.1, 0.15) is 5.58 Å². The maximum atomic E-state index is 12.9. The molecule has 0 bridgehead atoms. The molecule has 31 heavy (non-hydrogen) atoms. The third kappa shape index (κ3) is 4.25. The lowest BCUT2D eigenvalue weighted by Crippen LogP contribution is -2.25. The number of aromatic amines is 1. The number of carbonyl (C=O) groups excluding carboxylic acids is 3. The van der Waals surface area contributed by atoms with Crippen molar-refractivity contribution in [3.63, 3.8) is 0 Å². The molecule has 0 fully saturated rings. The zero-order valence-electron chi connectivity index (χ0n) is 18.2. The summed E-state index contributed by atoms with van der Waals surface area (Å²) in [6, 6.07) is 7.18. The van der Waals surface area contributed by atoms with E-state index in [4.69, 9.17) is 18.6 Å². The minimum Gasteiger partial charge on any atom is -0.462 e. The van der Waals surface area contributed by atoms with Crippen LogP contribution in [0.4, 0.5) is 0 Å². The number of benzene rings is 1. The summed E-state index contributed by atoms with van der Waals surface area (Å²) in [5.41, 5.74) is 2.55. The molecular weight excluding hydrogens is 402 g/mol. The molecule has 0 aliphatic heterocycles. The maximum Gasteiger partial charge on any atom is 0.375 e. The highest BCUT2D eigenvalue weighted by Crippen LogP contribution is 2.28. The number of methoxy groups -OCH3 is 1. The van der Waals surface area contributed by atoms with Crippen molar-refractivity contribution in [2.24, 2.45) is 0 Å². The zero-order valence-corrected chi connectivity index (χ0v) is 18.2. The summed E-state index contributed by atoms with van der Waals surface area (Å²) >= 11 is 0. The fourth-order valence-corrected chi connectivity index (χ4v) is 3.53. The lowest BCUT2D eigenvalue weighted by atomic mass is 10.1. The number of H-pyrrole nitrogens is 1. The SMILES string of the molecule is CCOC(=O)c1c(C)[nH]c(C(=O)[C@@H](C)OC(=O)c2oc3ccccc3c2COC)c1C. The van der Waals surface area contributed by atoms with Gasteiger partial charge in [-0.1, -0.05) is 18.2 Å². The lowest BCUT2D eigenvalue weighted by molar-refractivity contribution is 0.0284. The average molecular weight is 427 g/mol. The Hall–Kier alpha value is -3.39. The molecule has 3 aromatic rings. The Morgan fingerprint density at radius 2 is 1.84 bits per heavy atom. The van der Waals surface area contributed by atoms with Gasteiger partial charge in [0, 0.05) is 23.8 Å². The van der Waals surface area contributed by atoms with Crippen molar-refractivity contribution in [1.29, 1.82) is 0 Å². The summed E-state index contributed by atoms with van der Waals surface area (Å²) in [5, 5.41) is 0.741. The van der Waals surface area contributed by atoms with Gasteiger partial charge in [-0.25, -0.2) is 9.59 Å². The van der Waals surface area contributed by atoms with E-state index in [1.54, 1.807) is 32.9 Å². The Morgan fingerprint density at radius 3 is 2.52 bits per heavy atom. The van der Waals surface area contributed by atoms with E-state index in [0.717, 1.165) is 5.39 Å². The molecule has 2 heterocycles. The molecule has 0 aliphatic rings. The predicted molar refractivity (Wildman–Crippen MR) is 112 cm³/mol. The van der Waals surface area contributed by atoms with E-state index in [0.29, 0.717) is 28.0 Å². The number of aryl methyl sites for hydroxylation is 1. The Morgan fingerprint density at radius 1 is 1.13 bits per heavy atom. The summed E-state index contributed by atoms with van der Waals surface area (Å²) in [4.78, 5) is 40.8. The minimum absolute atomic E-state index is 0.00528. The number of fused-ring (bicyclic) bond motifs is 1. The monoisotopic (exact) mass is 427 g/mol. The van der Waals surface area contributed by atoms with Crippen LogP contribution in [0.25, 0.3) is 11.0 Å². The van der Waals surface area contributed by atoms with E-state index in [2.05, 4.69) is 4.98 Å². The van der Waals surface area contributed by atoms with Crippen LogP contribution in [0.3, 0.4) is 0 Å². The van der Waals surface area contributed by atoms with Gasteiger partial charge in [-0.05, 0) is 39.3 Å². The molecule has 0 spiro atoms. The Bertz CT molecular complexity index is 1140.